The molecule has 1 aromatic carbocycles. The largest absolute Gasteiger partial charge is 0.480 e. The molecular formula is C18H24N2O5. The lowest BCUT2D eigenvalue weighted by Gasteiger charge is -2.36. The summed E-state index contributed by atoms with van der Waals surface area (Å²) in [7, 11) is 0. The van der Waals surface area contributed by atoms with E-state index in [2.05, 4.69) is 0 Å². The van der Waals surface area contributed by atoms with Gasteiger partial charge in [0.1, 0.15) is 6.04 Å². The van der Waals surface area contributed by atoms with Gasteiger partial charge in [0, 0.05) is 23.7 Å². The predicted molar refractivity (Wildman–Crippen MR) is 92.7 cm³/mol. The molecule has 25 heavy (non-hydrogen) atoms. The summed E-state index contributed by atoms with van der Waals surface area (Å²) in [5.41, 5.74) is 0.140. The Balaban J connectivity index is 2.40. The van der Waals surface area contributed by atoms with Crippen molar-refractivity contribution in [1.82, 2.24) is 4.90 Å². The monoisotopic (exact) mass is 348 g/mol. The number of amides is 1. The van der Waals surface area contributed by atoms with Crippen LogP contribution in [0.5, 0.6) is 0 Å². The normalized spacial score (nSPS) is 21.0. The Bertz CT molecular complexity index is 708. The van der Waals surface area contributed by atoms with Gasteiger partial charge in [-0.25, -0.2) is 4.79 Å². The van der Waals surface area contributed by atoms with Crippen LogP contribution in [0.4, 0.5) is 5.69 Å². The zero-order valence-corrected chi connectivity index (χ0v) is 15.0. The van der Waals surface area contributed by atoms with Crippen molar-refractivity contribution in [2.45, 2.75) is 52.0 Å². The third-order valence-corrected chi connectivity index (χ3v) is 4.66. The summed E-state index contributed by atoms with van der Waals surface area (Å²) < 4.78 is 0. The fourth-order valence-corrected chi connectivity index (χ4v) is 3.23. The summed E-state index contributed by atoms with van der Waals surface area (Å²) >= 11 is 0. The number of hydrogen-bond donors (Lipinski definition) is 1. The van der Waals surface area contributed by atoms with Gasteiger partial charge in [0.25, 0.3) is 11.6 Å². The first kappa shape index (κ1) is 18.9. The summed E-state index contributed by atoms with van der Waals surface area (Å²) in [6, 6.07) is 3.51. The molecule has 0 bridgehead atoms. The number of carbonyl (C=O) groups excluding carboxylic acids is 1. The van der Waals surface area contributed by atoms with Gasteiger partial charge >= 0.3 is 5.97 Å². The van der Waals surface area contributed by atoms with Crippen molar-refractivity contribution >= 4 is 17.6 Å². The van der Waals surface area contributed by atoms with E-state index in [1.807, 2.05) is 27.7 Å². The SMILES string of the molecule is CC1CCN(C(=O)c2ccc(C(C)(C)C)c([N+](=O)[O-])c2)C(C(=O)O)C1. The number of piperidine rings is 1. The van der Waals surface area contributed by atoms with Gasteiger partial charge in [0.05, 0.1) is 4.92 Å². The molecule has 2 rings (SSSR count). The van der Waals surface area contributed by atoms with Crippen molar-refractivity contribution in [3.8, 4) is 0 Å². The van der Waals surface area contributed by atoms with E-state index in [1.54, 1.807) is 12.1 Å². The first-order valence-corrected chi connectivity index (χ1v) is 8.35. The van der Waals surface area contributed by atoms with Gasteiger partial charge in [-0.1, -0.05) is 33.8 Å². The first-order chi connectivity index (χ1) is 11.5. The minimum atomic E-state index is -1.04. The molecule has 0 saturated carbocycles. The third-order valence-electron chi connectivity index (χ3n) is 4.66. The number of carboxylic acids is 1. The zero-order valence-electron chi connectivity index (χ0n) is 15.0. The van der Waals surface area contributed by atoms with Crippen LogP contribution < -0.4 is 0 Å². The zero-order chi connectivity index (χ0) is 18.9. The van der Waals surface area contributed by atoms with Crippen molar-refractivity contribution in [2.75, 3.05) is 6.54 Å². The number of benzene rings is 1. The average molecular weight is 348 g/mol. The molecule has 1 amide bonds. The lowest BCUT2D eigenvalue weighted by atomic mass is 9.85. The first-order valence-electron chi connectivity index (χ1n) is 8.35. The van der Waals surface area contributed by atoms with Gasteiger partial charge in [-0.3, -0.25) is 14.9 Å². The second kappa shape index (κ2) is 6.82. The lowest BCUT2D eigenvalue weighted by molar-refractivity contribution is -0.386. The van der Waals surface area contributed by atoms with E-state index in [1.165, 1.54) is 11.0 Å². The van der Waals surface area contributed by atoms with E-state index < -0.39 is 28.3 Å². The van der Waals surface area contributed by atoms with Crippen molar-refractivity contribution in [1.29, 1.82) is 0 Å². The topological polar surface area (TPSA) is 101 Å². The number of nitro benzene ring substituents is 1. The van der Waals surface area contributed by atoms with Gasteiger partial charge in [-0.05, 0) is 30.2 Å². The van der Waals surface area contributed by atoms with Crippen LogP contribution in [0.3, 0.4) is 0 Å². The van der Waals surface area contributed by atoms with Crippen LogP contribution in [0, 0.1) is 16.0 Å². The third kappa shape index (κ3) is 3.97. The van der Waals surface area contributed by atoms with E-state index in [9.17, 15) is 24.8 Å². The molecule has 1 aliphatic heterocycles. The Morgan fingerprint density at radius 2 is 1.96 bits per heavy atom. The van der Waals surface area contributed by atoms with Crippen molar-refractivity contribution in [2.24, 2.45) is 5.92 Å². The number of nitro groups is 1. The van der Waals surface area contributed by atoms with E-state index in [0.717, 1.165) is 6.42 Å². The van der Waals surface area contributed by atoms with Gasteiger partial charge in [-0.15, -0.1) is 0 Å². The number of hydrogen-bond acceptors (Lipinski definition) is 4. The Morgan fingerprint density at radius 1 is 1.32 bits per heavy atom. The number of carbonyl (C=O) groups is 2. The van der Waals surface area contributed by atoms with E-state index >= 15 is 0 Å². The van der Waals surface area contributed by atoms with E-state index in [4.69, 9.17) is 0 Å². The fraction of sp³-hybridized carbons (Fsp3) is 0.556. The van der Waals surface area contributed by atoms with Crippen LogP contribution in [0.2, 0.25) is 0 Å². The van der Waals surface area contributed by atoms with Gasteiger partial charge in [-0.2, -0.15) is 0 Å². The average Bonchev–Trinajstić information content (AvgIpc) is 2.52. The minimum Gasteiger partial charge on any atom is -0.480 e. The molecule has 7 heteroatoms. The summed E-state index contributed by atoms with van der Waals surface area (Å²) in [5.74, 6) is -1.29. The quantitative estimate of drug-likeness (QED) is 0.667. The summed E-state index contributed by atoms with van der Waals surface area (Å²) in [6.07, 6.45) is 1.11. The molecule has 1 aliphatic rings. The summed E-state index contributed by atoms with van der Waals surface area (Å²) in [5, 5.41) is 20.8. The highest BCUT2D eigenvalue weighted by Gasteiger charge is 2.36. The van der Waals surface area contributed by atoms with E-state index in [0.29, 0.717) is 18.5 Å². The van der Waals surface area contributed by atoms with Crippen LogP contribution in [0.15, 0.2) is 18.2 Å². The Kier molecular flexibility index (Phi) is 5.15. The highest BCUT2D eigenvalue weighted by molar-refractivity contribution is 5.97. The number of rotatable bonds is 3. The molecule has 1 fully saturated rings. The van der Waals surface area contributed by atoms with Crippen molar-refractivity contribution in [3.05, 3.63) is 39.4 Å². The van der Waals surface area contributed by atoms with Gasteiger partial charge in [0.15, 0.2) is 0 Å². The number of aliphatic carboxylic acids is 1. The maximum Gasteiger partial charge on any atom is 0.326 e. The molecule has 0 aromatic heterocycles. The molecule has 2 atom stereocenters. The molecule has 0 aliphatic carbocycles. The van der Waals surface area contributed by atoms with Crippen LogP contribution in [-0.4, -0.2) is 39.4 Å². The Labute approximate surface area is 146 Å². The molecule has 0 radical (unpaired) electrons. The van der Waals surface area contributed by atoms with Crippen LogP contribution in [0.1, 0.15) is 56.5 Å². The highest BCUT2D eigenvalue weighted by Crippen LogP contribution is 2.33. The van der Waals surface area contributed by atoms with Crippen LogP contribution >= 0.6 is 0 Å². The number of likely N-dealkylation sites (tertiary alicyclic amines) is 1. The van der Waals surface area contributed by atoms with Crippen molar-refractivity contribution < 1.29 is 19.6 Å². The summed E-state index contributed by atoms with van der Waals surface area (Å²) in [6.45, 7) is 7.89. The molecular weight excluding hydrogens is 324 g/mol. The second-order valence-electron chi connectivity index (χ2n) is 7.72. The Hall–Kier alpha value is -2.44. The lowest BCUT2D eigenvalue weighted by Crippen LogP contribution is -2.49. The second-order valence-corrected chi connectivity index (χ2v) is 7.72. The molecule has 1 saturated heterocycles. The molecule has 0 spiro atoms. The smallest absolute Gasteiger partial charge is 0.326 e. The standard InChI is InChI=1S/C18H24N2O5/c1-11-7-8-19(15(9-11)17(22)23)16(21)12-5-6-13(18(2,3)4)14(10-12)20(24)25/h5-6,10-11,15H,7-9H2,1-4H3,(H,22,23). The van der Waals surface area contributed by atoms with Crippen molar-refractivity contribution in [3.63, 3.8) is 0 Å². The maximum atomic E-state index is 12.8. The molecule has 2 unspecified atom stereocenters. The molecule has 136 valence electrons. The highest BCUT2D eigenvalue weighted by atomic mass is 16.6. The maximum absolute atomic E-state index is 12.8. The molecule has 7 nitrogen and oxygen atoms in total. The summed E-state index contributed by atoms with van der Waals surface area (Å²) in [4.78, 5) is 36.5. The predicted octanol–water partition coefficient (Wildman–Crippen LogP) is 3.22. The van der Waals surface area contributed by atoms with E-state index in [-0.39, 0.29) is 17.2 Å². The fourth-order valence-electron chi connectivity index (χ4n) is 3.23. The molecule has 1 heterocycles. The number of carboxylic acid groups (broad SMARTS) is 1. The van der Waals surface area contributed by atoms with Gasteiger partial charge < -0.3 is 10.0 Å². The van der Waals surface area contributed by atoms with Crippen LogP contribution in [0.25, 0.3) is 0 Å². The van der Waals surface area contributed by atoms with Crippen LogP contribution in [-0.2, 0) is 10.2 Å². The molecule has 1 N–H and O–H groups in total. The number of nitrogens with zero attached hydrogens (tertiary/aromatic N) is 2. The Morgan fingerprint density at radius 3 is 2.48 bits per heavy atom. The molecule has 1 aromatic rings. The van der Waals surface area contributed by atoms with Gasteiger partial charge in [0.2, 0.25) is 0 Å². The minimum absolute atomic E-state index is 0.115.